The van der Waals surface area contributed by atoms with Gasteiger partial charge in [-0.3, -0.25) is 4.72 Å². The topological polar surface area (TPSA) is 46.2 Å². The Morgan fingerprint density at radius 3 is 2.42 bits per heavy atom. The molecular formula is C12H8ClF2NO2S. The summed E-state index contributed by atoms with van der Waals surface area (Å²) >= 11 is 5.56. The molecular weight excluding hydrogens is 296 g/mol. The summed E-state index contributed by atoms with van der Waals surface area (Å²) in [5, 5.41) is 0.145. The van der Waals surface area contributed by atoms with Crippen molar-refractivity contribution in [1.29, 1.82) is 0 Å². The summed E-state index contributed by atoms with van der Waals surface area (Å²) in [4.78, 5) is -0.290. The van der Waals surface area contributed by atoms with Gasteiger partial charge in [-0.1, -0.05) is 17.7 Å². The third kappa shape index (κ3) is 3.21. The van der Waals surface area contributed by atoms with Crippen LogP contribution in [-0.4, -0.2) is 8.42 Å². The van der Waals surface area contributed by atoms with Crippen LogP contribution in [0.2, 0.25) is 5.02 Å². The number of nitrogens with one attached hydrogen (secondary N) is 1. The van der Waals surface area contributed by atoms with E-state index in [1.54, 1.807) is 0 Å². The first-order valence-corrected chi connectivity index (χ1v) is 6.98. The van der Waals surface area contributed by atoms with E-state index in [2.05, 4.69) is 0 Å². The number of sulfonamides is 1. The molecule has 0 atom stereocenters. The van der Waals surface area contributed by atoms with Crippen LogP contribution in [0.3, 0.4) is 0 Å². The lowest BCUT2D eigenvalue weighted by atomic mass is 10.3. The van der Waals surface area contributed by atoms with Crippen molar-refractivity contribution in [3.63, 3.8) is 0 Å². The van der Waals surface area contributed by atoms with E-state index in [0.29, 0.717) is 0 Å². The van der Waals surface area contributed by atoms with Gasteiger partial charge in [0.1, 0.15) is 11.6 Å². The number of hydrogen-bond donors (Lipinski definition) is 1. The smallest absolute Gasteiger partial charge is 0.262 e. The minimum atomic E-state index is -4.04. The molecule has 0 unspecified atom stereocenters. The molecule has 1 N–H and O–H groups in total. The maximum Gasteiger partial charge on any atom is 0.262 e. The van der Waals surface area contributed by atoms with Crippen LogP contribution in [-0.2, 0) is 10.0 Å². The second kappa shape index (κ2) is 5.14. The summed E-state index contributed by atoms with van der Waals surface area (Å²) in [5.74, 6) is -1.51. The lowest BCUT2D eigenvalue weighted by molar-refractivity contribution is 0.593. The minimum Gasteiger partial charge on any atom is -0.277 e. The third-order valence-corrected chi connectivity index (χ3v) is 3.88. The van der Waals surface area contributed by atoms with Crippen molar-refractivity contribution >= 4 is 27.3 Å². The van der Waals surface area contributed by atoms with E-state index >= 15 is 0 Å². The fraction of sp³-hybridized carbons (Fsp3) is 0. The van der Waals surface area contributed by atoms with Crippen molar-refractivity contribution in [2.75, 3.05) is 4.72 Å². The van der Waals surface area contributed by atoms with Gasteiger partial charge in [0.25, 0.3) is 10.0 Å². The minimum absolute atomic E-state index is 0.145. The summed E-state index contributed by atoms with van der Waals surface area (Å²) in [6, 6.07) is 7.92. The first-order chi connectivity index (χ1) is 8.88. The SMILES string of the molecule is O=S(=O)(Nc1ccc(Cl)cc1F)c1cccc(F)c1. The van der Waals surface area contributed by atoms with Gasteiger partial charge >= 0.3 is 0 Å². The van der Waals surface area contributed by atoms with Gasteiger partial charge in [0.15, 0.2) is 0 Å². The van der Waals surface area contributed by atoms with E-state index in [-0.39, 0.29) is 15.6 Å². The average molecular weight is 304 g/mol. The molecule has 7 heteroatoms. The van der Waals surface area contributed by atoms with E-state index < -0.39 is 21.7 Å². The molecule has 0 saturated heterocycles. The first-order valence-electron chi connectivity index (χ1n) is 5.12. The molecule has 0 aliphatic rings. The van der Waals surface area contributed by atoms with Crippen molar-refractivity contribution in [3.05, 3.63) is 59.1 Å². The largest absolute Gasteiger partial charge is 0.277 e. The van der Waals surface area contributed by atoms with E-state index in [1.165, 1.54) is 24.3 Å². The zero-order valence-electron chi connectivity index (χ0n) is 9.40. The number of anilines is 1. The summed E-state index contributed by atoms with van der Waals surface area (Å²) in [5.41, 5.74) is -0.256. The van der Waals surface area contributed by atoms with Crippen LogP contribution in [0.4, 0.5) is 14.5 Å². The molecule has 2 aromatic carbocycles. The molecule has 0 aliphatic carbocycles. The van der Waals surface area contributed by atoms with Crippen LogP contribution in [0.5, 0.6) is 0 Å². The highest BCUT2D eigenvalue weighted by Gasteiger charge is 2.16. The van der Waals surface area contributed by atoms with Crippen molar-refractivity contribution < 1.29 is 17.2 Å². The van der Waals surface area contributed by atoms with Crippen molar-refractivity contribution in [3.8, 4) is 0 Å². The second-order valence-corrected chi connectivity index (χ2v) is 5.81. The fourth-order valence-corrected chi connectivity index (χ4v) is 2.67. The predicted molar refractivity (Wildman–Crippen MR) is 68.6 cm³/mol. The quantitative estimate of drug-likeness (QED) is 0.944. The van der Waals surface area contributed by atoms with Gasteiger partial charge < -0.3 is 0 Å². The number of halogens is 3. The Balaban J connectivity index is 2.36. The first kappa shape index (κ1) is 13.8. The van der Waals surface area contributed by atoms with Gasteiger partial charge in [0.2, 0.25) is 0 Å². The third-order valence-electron chi connectivity index (χ3n) is 2.28. The van der Waals surface area contributed by atoms with Crippen LogP contribution in [0.1, 0.15) is 0 Å². The van der Waals surface area contributed by atoms with E-state index in [4.69, 9.17) is 11.6 Å². The van der Waals surface area contributed by atoms with Crippen LogP contribution in [0, 0.1) is 11.6 Å². The second-order valence-electron chi connectivity index (χ2n) is 3.69. The lowest BCUT2D eigenvalue weighted by Gasteiger charge is -2.09. The molecule has 0 radical (unpaired) electrons. The highest BCUT2D eigenvalue weighted by Crippen LogP contribution is 2.22. The van der Waals surface area contributed by atoms with Gasteiger partial charge in [0, 0.05) is 5.02 Å². The van der Waals surface area contributed by atoms with Crippen molar-refractivity contribution in [2.45, 2.75) is 4.90 Å². The molecule has 0 heterocycles. The molecule has 2 rings (SSSR count). The number of benzene rings is 2. The van der Waals surface area contributed by atoms with Crippen LogP contribution < -0.4 is 4.72 Å². The summed E-state index contributed by atoms with van der Waals surface area (Å²) in [6.45, 7) is 0. The Bertz CT molecular complexity index is 719. The zero-order valence-corrected chi connectivity index (χ0v) is 11.0. The molecule has 0 spiro atoms. The van der Waals surface area contributed by atoms with Crippen molar-refractivity contribution in [1.82, 2.24) is 0 Å². The predicted octanol–water partition coefficient (Wildman–Crippen LogP) is 3.42. The average Bonchev–Trinajstić information content (AvgIpc) is 2.33. The molecule has 0 saturated carbocycles. The summed E-state index contributed by atoms with van der Waals surface area (Å²) < 4.78 is 52.3. The Hall–Kier alpha value is -1.66. The molecule has 19 heavy (non-hydrogen) atoms. The van der Waals surface area contributed by atoms with Crippen molar-refractivity contribution in [2.24, 2.45) is 0 Å². The molecule has 0 fully saturated rings. The van der Waals surface area contributed by atoms with Crippen LogP contribution in [0.25, 0.3) is 0 Å². The Morgan fingerprint density at radius 1 is 1.05 bits per heavy atom. The molecule has 3 nitrogen and oxygen atoms in total. The van der Waals surface area contributed by atoms with Gasteiger partial charge in [-0.25, -0.2) is 17.2 Å². The van der Waals surface area contributed by atoms with Gasteiger partial charge in [-0.2, -0.15) is 0 Å². The fourth-order valence-electron chi connectivity index (χ4n) is 1.41. The Morgan fingerprint density at radius 2 is 1.79 bits per heavy atom. The Labute approximate surface area is 113 Å². The number of hydrogen-bond acceptors (Lipinski definition) is 2. The standard InChI is InChI=1S/C12H8ClF2NO2S/c13-8-4-5-12(11(15)6-8)16-19(17,18)10-3-1-2-9(14)7-10/h1-7,16H. The molecule has 0 amide bonds. The maximum absolute atomic E-state index is 13.5. The molecule has 0 bridgehead atoms. The van der Waals surface area contributed by atoms with Gasteiger partial charge in [0.05, 0.1) is 10.6 Å². The molecule has 0 aliphatic heterocycles. The zero-order chi connectivity index (χ0) is 14.0. The summed E-state index contributed by atoms with van der Waals surface area (Å²) in [7, 11) is -4.04. The maximum atomic E-state index is 13.5. The number of rotatable bonds is 3. The van der Waals surface area contributed by atoms with E-state index in [0.717, 1.165) is 18.2 Å². The normalized spacial score (nSPS) is 11.3. The highest BCUT2D eigenvalue weighted by atomic mass is 35.5. The lowest BCUT2D eigenvalue weighted by Crippen LogP contribution is -2.14. The monoisotopic (exact) mass is 303 g/mol. The molecule has 0 aromatic heterocycles. The van der Waals surface area contributed by atoms with E-state index in [1.807, 2.05) is 4.72 Å². The van der Waals surface area contributed by atoms with Gasteiger partial charge in [-0.15, -0.1) is 0 Å². The van der Waals surface area contributed by atoms with E-state index in [9.17, 15) is 17.2 Å². The van der Waals surface area contributed by atoms with Crippen LogP contribution in [0.15, 0.2) is 47.4 Å². The molecule has 2 aromatic rings. The Kier molecular flexibility index (Phi) is 3.73. The molecule has 100 valence electrons. The highest BCUT2D eigenvalue weighted by molar-refractivity contribution is 7.92. The summed E-state index contributed by atoms with van der Waals surface area (Å²) in [6.07, 6.45) is 0. The van der Waals surface area contributed by atoms with Gasteiger partial charge in [-0.05, 0) is 36.4 Å². The van der Waals surface area contributed by atoms with Crippen LogP contribution >= 0.6 is 11.6 Å².